The van der Waals surface area contributed by atoms with Crippen LogP contribution in [0.4, 0.5) is 18.9 Å². The molecule has 5 N–H and O–H groups in total. The number of benzene rings is 1. The maximum Gasteiger partial charge on any atom is 0.441 e. The van der Waals surface area contributed by atoms with Gasteiger partial charge in [-0.05, 0) is 30.0 Å². The lowest BCUT2D eigenvalue weighted by Gasteiger charge is -2.10. The van der Waals surface area contributed by atoms with Crippen molar-refractivity contribution < 1.29 is 26.4 Å². The fourth-order valence-electron chi connectivity index (χ4n) is 1.37. The second-order valence-corrected chi connectivity index (χ2v) is 6.70. The van der Waals surface area contributed by atoms with Gasteiger partial charge in [0.1, 0.15) is 4.90 Å². The molecule has 0 aliphatic heterocycles. The fraction of sp³-hybridized carbons (Fsp3) is 0.300. The Morgan fingerprint density at radius 3 is 2.43 bits per heavy atom. The van der Waals surface area contributed by atoms with Crippen LogP contribution in [0.1, 0.15) is 10.4 Å². The number of primary amides is 1. The number of rotatable bonds is 6. The lowest BCUT2D eigenvalue weighted by atomic mass is 10.2. The lowest BCUT2D eigenvalue weighted by Crippen LogP contribution is -2.27. The summed E-state index contributed by atoms with van der Waals surface area (Å²) in [6.45, 7) is -0.413. The summed E-state index contributed by atoms with van der Waals surface area (Å²) in [5.74, 6) is -1.25. The number of sulfonamides is 1. The number of halogens is 3. The van der Waals surface area contributed by atoms with Crippen LogP contribution < -0.4 is 16.2 Å². The number of hydrogen-bond donors (Lipinski definition) is 3. The largest absolute Gasteiger partial charge is 0.441 e. The molecule has 0 radical (unpaired) electrons. The van der Waals surface area contributed by atoms with Gasteiger partial charge in [0, 0.05) is 17.9 Å². The normalized spacial score (nSPS) is 12.3. The van der Waals surface area contributed by atoms with Gasteiger partial charge in [-0.15, -0.1) is 0 Å². The summed E-state index contributed by atoms with van der Waals surface area (Å²) in [4.78, 5) is 10.6. The molecule has 0 aliphatic carbocycles. The maximum atomic E-state index is 11.9. The van der Waals surface area contributed by atoms with Crippen LogP contribution in [0, 0.1) is 0 Å². The van der Waals surface area contributed by atoms with Crippen molar-refractivity contribution in [2.24, 2.45) is 5.73 Å². The SMILES string of the molecule is NC(=O)c1ccc(S(=O)(=O)NCCSC(F)(F)F)c(N)c1. The zero-order chi connectivity index (χ0) is 16.3. The molecule has 21 heavy (non-hydrogen) atoms. The molecule has 0 heterocycles. The molecule has 1 rings (SSSR count). The molecule has 0 bridgehead atoms. The van der Waals surface area contributed by atoms with Gasteiger partial charge in [-0.2, -0.15) is 13.2 Å². The van der Waals surface area contributed by atoms with Crippen molar-refractivity contribution in [2.45, 2.75) is 10.4 Å². The average molecular weight is 343 g/mol. The standard InChI is InChI=1S/C10H12F3N3O3S2/c11-10(12,13)20-4-3-16-21(18,19)8-2-1-6(9(15)17)5-7(8)14/h1-2,5,16H,3-4,14H2,(H2,15,17). The van der Waals surface area contributed by atoms with E-state index in [0.29, 0.717) is 0 Å². The van der Waals surface area contributed by atoms with Crippen LogP contribution in [-0.4, -0.2) is 32.1 Å². The summed E-state index contributed by atoms with van der Waals surface area (Å²) >= 11 is -0.339. The summed E-state index contributed by atoms with van der Waals surface area (Å²) in [6, 6.07) is 3.31. The van der Waals surface area contributed by atoms with Crippen molar-refractivity contribution in [3.8, 4) is 0 Å². The Labute approximate surface area is 123 Å². The first-order chi connectivity index (χ1) is 9.53. The van der Waals surface area contributed by atoms with Gasteiger partial charge < -0.3 is 11.5 Å². The fourth-order valence-corrected chi connectivity index (χ4v) is 3.07. The Kier molecular flexibility index (Phi) is 5.48. The van der Waals surface area contributed by atoms with Crippen molar-refractivity contribution in [3.05, 3.63) is 23.8 Å². The molecule has 11 heteroatoms. The number of nitrogen functional groups attached to an aromatic ring is 1. The van der Waals surface area contributed by atoms with Crippen molar-refractivity contribution in [1.82, 2.24) is 4.72 Å². The van der Waals surface area contributed by atoms with E-state index in [1.165, 1.54) is 0 Å². The molecule has 118 valence electrons. The van der Waals surface area contributed by atoms with Crippen LogP contribution in [0.15, 0.2) is 23.1 Å². The van der Waals surface area contributed by atoms with E-state index in [0.717, 1.165) is 18.2 Å². The first-order valence-corrected chi connectivity index (χ1v) is 7.89. The summed E-state index contributed by atoms with van der Waals surface area (Å²) in [7, 11) is -4.06. The highest BCUT2D eigenvalue weighted by molar-refractivity contribution is 8.00. The zero-order valence-electron chi connectivity index (χ0n) is 10.5. The van der Waals surface area contributed by atoms with Crippen molar-refractivity contribution >= 4 is 33.4 Å². The van der Waals surface area contributed by atoms with Gasteiger partial charge in [0.25, 0.3) is 0 Å². The molecular formula is C10H12F3N3O3S2. The third-order valence-electron chi connectivity index (χ3n) is 2.24. The molecule has 0 spiro atoms. The van der Waals surface area contributed by atoms with Crippen molar-refractivity contribution in [1.29, 1.82) is 0 Å². The van der Waals surface area contributed by atoms with E-state index >= 15 is 0 Å². The minimum absolute atomic E-state index is 0.0269. The molecule has 1 amide bonds. The quantitative estimate of drug-likeness (QED) is 0.524. The third kappa shape index (κ3) is 5.44. The van der Waals surface area contributed by atoms with E-state index in [9.17, 15) is 26.4 Å². The molecule has 0 fully saturated rings. The molecule has 0 unspecified atom stereocenters. The van der Waals surface area contributed by atoms with Crippen LogP contribution in [0.25, 0.3) is 0 Å². The van der Waals surface area contributed by atoms with Crippen LogP contribution in [0.3, 0.4) is 0 Å². The van der Waals surface area contributed by atoms with Crippen LogP contribution in [0.2, 0.25) is 0 Å². The van der Waals surface area contributed by atoms with E-state index in [2.05, 4.69) is 0 Å². The highest BCUT2D eigenvalue weighted by Crippen LogP contribution is 2.29. The highest BCUT2D eigenvalue weighted by atomic mass is 32.2. The first-order valence-electron chi connectivity index (χ1n) is 5.42. The lowest BCUT2D eigenvalue weighted by molar-refractivity contribution is -0.0327. The van der Waals surface area contributed by atoms with E-state index in [1.54, 1.807) is 0 Å². The molecule has 0 aromatic heterocycles. The van der Waals surface area contributed by atoms with Crippen molar-refractivity contribution in [2.75, 3.05) is 18.0 Å². The molecule has 0 saturated carbocycles. The number of hydrogen-bond acceptors (Lipinski definition) is 5. The van der Waals surface area contributed by atoms with Crippen LogP contribution >= 0.6 is 11.8 Å². The van der Waals surface area contributed by atoms with E-state index in [1.807, 2.05) is 4.72 Å². The third-order valence-corrected chi connectivity index (χ3v) is 4.51. The molecular weight excluding hydrogens is 331 g/mol. The minimum Gasteiger partial charge on any atom is -0.398 e. The predicted octanol–water partition coefficient (Wildman–Crippen LogP) is 0.899. The topological polar surface area (TPSA) is 115 Å². The smallest absolute Gasteiger partial charge is 0.398 e. The van der Waals surface area contributed by atoms with E-state index in [-0.39, 0.29) is 27.9 Å². The minimum atomic E-state index is -4.42. The summed E-state index contributed by atoms with van der Waals surface area (Å²) in [6.07, 6.45) is 0. The van der Waals surface area contributed by atoms with Gasteiger partial charge in [-0.25, -0.2) is 13.1 Å². The van der Waals surface area contributed by atoms with Gasteiger partial charge in [0.05, 0.1) is 5.69 Å². The molecule has 0 aliphatic rings. The Balaban J connectivity index is 2.77. The number of alkyl halides is 3. The molecule has 1 aromatic carbocycles. The first kappa shape index (κ1) is 17.6. The zero-order valence-corrected chi connectivity index (χ0v) is 12.1. The maximum absolute atomic E-state index is 11.9. The van der Waals surface area contributed by atoms with Crippen LogP contribution in [0.5, 0.6) is 0 Å². The highest BCUT2D eigenvalue weighted by Gasteiger charge is 2.28. The number of nitrogens with two attached hydrogens (primary N) is 2. The summed E-state index contributed by atoms with van der Waals surface area (Å²) in [5, 5.41) is 0. The summed E-state index contributed by atoms with van der Waals surface area (Å²) < 4.78 is 61.4. The van der Waals surface area contributed by atoms with Gasteiger partial charge >= 0.3 is 5.51 Å². The van der Waals surface area contributed by atoms with E-state index < -0.39 is 33.7 Å². The number of carbonyl (C=O) groups excluding carboxylic acids is 1. The van der Waals surface area contributed by atoms with Crippen molar-refractivity contribution in [3.63, 3.8) is 0 Å². The second-order valence-electron chi connectivity index (χ2n) is 3.81. The Morgan fingerprint density at radius 1 is 1.33 bits per heavy atom. The number of anilines is 1. The van der Waals surface area contributed by atoms with Gasteiger partial charge in [-0.3, -0.25) is 4.79 Å². The Hall–Kier alpha value is -1.46. The number of carbonyl (C=O) groups is 1. The molecule has 6 nitrogen and oxygen atoms in total. The molecule has 0 saturated heterocycles. The second kappa shape index (κ2) is 6.54. The van der Waals surface area contributed by atoms with E-state index in [4.69, 9.17) is 11.5 Å². The van der Waals surface area contributed by atoms with Gasteiger partial charge in [-0.1, -0.05) is 0 Å². The number of thioether (sulfide) groups is 1. The Morgan fingerprint density at radius 2 is 1.95 bits per heavy atom. The number of amides is 1. The molecule has 1 aromatic rings. The van der Waals surface area contributed by atoms with Gasteiger partial charge in [0.2, 0.25) is 15.9 Å². The van der Waals surface area contributed by atoms with Gasteiger partial charge in [0.15, 0.2) is 0 Å². The average Bonchev–Trinajstić information content (AvgIpc) is 2.33. The summed E-state index contributed by atoms with van der Waals surface area (Å²) in [5.41, 5.74) is 5.90. The van der Waals surface area contributed by atoms with Crippen LogP contribution in [-0.2, 0) is 10.0 Å². The predicted molar refractivity (Wildman–Crippen MR) is 73.1 cm³/mol. The Bertz CT molecular complexity index is 632. The monoisotopic (exact) mass is 343 g/mol. The number of nitrogens with one attached hydrogen (secondary N) is 1. The molecule has 0 atom stereocenters.